The summed E-state index contributed by atoms with van der Waals surface area (Å²) < 4.78 is 0. The Hall–Kier alpha value is -1.41. The third-order valence-corrected chi connectivity index (χ3v) is 3.29. The molecule has 1 heterocycles. The second-order valence-corrected chi connectivity index (χ2v) is 6.36. The fourth-order valence-corrected chi connectivity index (χ4v) is 2.08. The summed E-state index contributed by atoms with van der Waals surface area (Å²) in [6.07, 6.45) is 0. The number of aromatic nitrogens is 2. The van der Waals surface area contributed by atoms with Gasteiger partial charge in [0.15, 0.2) is 5.82 Å². The van der Waals surface area contributed by atoms with Crippen molar-refractivity contribution in [2.45, 2.75) is 40.0 Å². The monoisotopic (exact) mass is 274 g/mol. The van der Waals surface area contributed by atoms with Crippen LogP contribution in [0.1, 0.15) is 37.6 Å². The molecule has 0 aliphatic carbocycles. The number of benzene rings is 1. The number of hydrogen-bond donors (Lipinski definition) is 0. The molecule has 0 spiro atoms. The van der Waals surface area contributed by atoms with Crippen molar-refractivity contribution in [2.75, 3.05) is 0 Å². The summed E-state index contributed by atoms with van der Waals surface area (Å²) in [7, 11) is 0. The molecule has 2 nitrogen and oxygen atoms in total. The molecule has 2 rings (SSSR count). The highest BCUT2D eigenvalue weighted by atomic mass is 35.5. The minimum atomic E-state index is -0.0426. The van der Waals surface area contributed by atoms with Gasteiger partial charge in [0.25, 0.3) is 0 Å². The zero-order valence-electron chi connectivity index (χ0n) is 12.1. The molecule has 0 amide bonds. The van der Waals surface area contributed by atoms with Crippen molar-refractivity contribution in [2.24, 2.45) is 0 Å². The van der Waals surface area contributed by atoms with Crippen LogP contribution in [0.3, 0.4) is 0 Å². The van der Waals surface area contributed by atoms with Gasteiger partial charge in [0.1, 0.15) is 5.15 Å². The van der Waals surface area contributed by atoms with E-state index in [4.69, 9.17) is 11.6 Å². The Balaban J connectivity index is 2.63. The second kappa shape index (κ2) is 4.93. The molecule has 0 aliphatic rings. The summed E-state index contributed by atoms with van der Waals surface area (Å²) in [5.41, 5.74) is 4.32. The minimum absolute atomic E-state index is 0.0426. The zero-order valence-corrected chi connectivity index (χ0v) is 12.8. The maximum Gasteiger partial charge on any atom is 0.161 e. The maximum absolute atomic E-state index is 6.15. The Labute approximate surface area is 119 Å². The van der Waals surface area contributed by atoms with Crippen LogP contribution in [0.25, 0.3) is 11.4 Å². The van der Waals surface area contributed by atoms with Crippen molar-refractivity contribution in [3.05, 3.63) is 46.2 Å². The van der Waals surface area contributed by atoms with Gasteiger partial charge in [0.05, 0.1) is 5.69 Å². The maximum atomic E-state index is 6.15. The van der Waals surface area contributed by atoms with Crippen molar-refractivity contribution in [1.29, 1.82) is 0 Å². The van der Waals surface area contributed by atoms with E-state index in [-0.39, 0.29) is 5.41 Å². The highest BCUT2D eigenvalue weighted by Crippen LogP contribution is 2.27. The molecule has 0 fully saturated rings. The molecule has 0 atom stereocenters. The molecule has 19 heavy (non-hydrogen) atoms. The SMILES string of the molecule is Cc1ccc(C)c(-c2nc(Cl)cc(C(C)(C)C)n2)c1. The number of hydrogen-bond acceptors (Lipinski definition) is 2. The van der Waals surface area contributed by atoms with Gasteiger partial charge in [-0.1, -0.05) is 50.1 Å². The molecule has 0 unspecified atom stereocenters. The van der Waals surface area contributed by atoms with E-state index in [1.54, 1.807) is 0 Å². The third-order valence-electron chi connectivity index (χ3n) is 3.10. The topological polar surface area (TPSA) is 25.8 Å². The number of aryl methyl sites for hydroxylation is 2. The molecule has 0 N–H and O–H groups in total. The van der Waals surface area contributed by atoms with Gasteiger partial charge < -0.3 is 0 Å². The van der Waals surface area contributed by atoms with Crippen molar-refractivity contribution in [3.63, 3.8) is 0 Å². The molecule has 2 aromatic rings. The Morgan fingerprint density at radius 2 is 1.68 bits per heavy atom. The molecule has 0 bridgehead atoms. The molecule has 3 heteroatoms. The lowest BCUT2D eigenvalue weighted by molar-refractivity contribution is 0.568. The predicted molar refractivity (Wildman–Crippen MR) is 80.7 cm³/mol. The predicted octanol–water partition coefficient (Wildman–Crippen LogP) is 4.71. The van der Waals surface area contributed by atoms with Crippen LogP contribution < -0.4 is 0 Å². The van der Waals surface area contributed by atoms with Crippen molar-refractivity contribution in [3.8, 4) is 11.4 Å². The molecule has 100 valence electrons. The lowest BCUT2D eigenvalue weighted by Crippen LogP contribution is -2.14. The van der Waals surface area contributed by atoms with Gasteiger partial charge in [-0.15, -0.1) is 0 Å². The standard InChI is InChI=1S/C16H19ClN2/c1-10-6-7-11(2)12(8-10)15-18-13(16(3,4)5)9-14(17)19-15/h6-9H,1-5H3. The zero-order chi connectivity index (χ0) is 14.2. The van der Waals surface area contributed by atoms with Crippen LogP contribution in [0.2, 0.25) is 5.15 Å². The lowest BCUT2D eigenvalue weighted by atomic mass is 9.92. The van der Waals surface area contributed by atoms with Crippen LogP contribution in [0.15, 0.2) is 24.3 Å². The molecule has 1 aromatic heterocycles. The lowest BCUT2D eigenvalue weighted by Gasteiger charge is -2.19. The van der Waals surface area contributed by atoms with E-state index in [2.05, 4.69) is 62.8 Å². The fraction of sp³-hybridized carbons (Fsp3) is 0.375. The van der Waals surface area contributed by atoms with E-state index in [1.807, 2.05) is 6.07 Å². The minimum Gasteiger partial charge on any atom is -0.232 e. The largest absolute Gasteiger partial charge is 0.232 e. The van der Waals surface area contributed by atoms with Crippen LogP contribution in [0.4, 0.5) is 0 Å². The van der Waals surface area contributed by atoms with Crippen LogP contribution >= 0.6 is 11.6 Å². The Bertz CT molecular complexity index is 613. The number of rotatable bonds is 1. The molecule has 0 saturated heterocycles. The Kier molecular flexibility index (Phi) is 3.64. The van der Waals surface area contributed by atoms with Crippen molar-refractivity contribution >= 4 is 11.6 Å². The first-order valence-corrected chi connectivity index (χ1v) is 6.78. The average molecular weight is 275 g/mol. The normalized spacial score (nSPS) is 11.7. The van der Waals surface area contributed by atoms with E-state index in [1.165, 1.54) is 5.56 Å². The summed E-state index contributed by atoms with van der Waals surface area (Å²) in [5.74, 6) is 0.707. The Morgan fingerprint density at radius 3 is 2.32 bits per heavy atom. The highest BCUT2D eigenvalue weighted by Gasteiger charge is 2.18. The first kappa shape index (κ1) is 14.0. The summed E-state index contributed by atoms with van der Waals surface area (Å²) in [4.78, 5) is 9.06. The van der Waals surface area contributed by atoms with Gasteiger partial charge in [-0.05, 0) is 31.5 Å². The number of halogens is 1. The van der Waals surface area contributed by atoms with Gasteiger partial charge in [-0.25, -0.2) is 9.97 Å². The van der Waals surface area contributed by atoms with Gasteiger partial charge in [0, 0.05) is 11.0 Å². The fourth-order valence-electron chi connectivity index (χ4n) is 1.90. The van der Waals surface area contributed by atoms with Gasteiger partial charge >= 0.3 is 0 Å². The van der Waals surface area contributed by atoms with Gasteiger partial charge in [-0.2, -0.15) is 0 Å². The first-order valence-electron chi connectivity index (χ1n) is 6.40. The van der Waals surface area contributed by atoms with Crippen LogP contribution in [0, 0.1) is 13.8 Å². The van der Waals surface area contributed by atoms with E-state index < -0.39 is 0 Å². The summed E-state index contributed by atoms with van der Waals surface area (Å²) in [6, 6.07) is 8.13. The molecule has 1 aromatic carbocycles. The highest BCUT2D eigenvalue weighted by molar-refractivity contribution is 6.29. The molecule has 0 saturated carbocycles. The number of nitrogens with zero attached hydrogens (tertiary/aromatic N) is 2. The molecular weight excluding hydrogens is 256 g/mol. The van der Waals surface area contributed by atoms with Crippen molar-refractivity contribution in [1.82, 2.24) is 9.97 Å². The van der Waals surface area contributed by atoms with E-state index in [9.17, 15) is 0 Å². The summed E-state index contributed by atoms with van der Waals surface area (Å²) in [5, 5.41) is 0.496. The quantitative estimate of drug-likeness (QED) is 0.704. The van der Waals surface area contributed by atoms with E-state index >= 15 is 0 Å². The summed E-state index contributed by atoms with van der Waals surface area (Å²) >= 11 is 6.15. The molecule has 0 radical (unpaired) electrons. The smallest absolute Gasteiger partial charge is 0.161 e. The third kappa shape index (κ3) is 3.13. The van der Waals surface area contributed by atoms with Gasteiger partial charge in [-0.3, -0.25) is 0 Å². The molecule has 0 aliphatic heterocycles. The second-order valence-electron chi connectivity index (χ2n) is 5.97. The summed E-state index contributed by atoms with van der Waals surface area (Å²) in [6.45, 7) is 10.5. The van der Waals surface area contributed by atoms with Crippen LogP contribution in [-0.2, 0) is 5.41 Å². The van der Waals surface area contributed by atoms with Crippen LogP contribution in [-0.4, -0.2) is 9.97 Å². The Morgan fingerprint density at radius 1 is 1.00 bits per heavy atom. The van der Waals surface area contributed by atoms with Crippen molar-refractivity contribution < 1.29 is 0 Å². The first-order chi connectivity index (χ1) is 8.77. The van der Waals surface area contributed by atoms with Gasteiger partial charge in [0.2, 0.25) is 0 Å². The van der Waals surface area contributed by atoms with E-state index in [0.717, 1.165) is 16.8 Å². The average Bonchev–Trinajstić information content (AvgIpc) is 2.30. The van der Waals surface area contributed by atoms with Crippen LogP contribution in [0.5, 0.6) is 0 Å². The molecular formula is C16H19ClN2. The van der Waals surface area contributed by atoms with E-state index in [0.29, 0.717) is 11.0 Å².